The van der Waals surface area contributed by atoms with Crippen molar-refractivity contribution in [3.8, 4) is 0 Å². The van der Waals surface area contributed by atoms with Crippen molar-refractivity contribution in [3.05, 3.63) is 23.8 Å². The first-order valence-corrected chi connectivity index (χ1v) is 10.6. The fourth-order valence-electron chi connectivity index (χ4n) is 4.00. The Morgan fingerprint density at radius 3 is 2.78 bits per heavy atom. The number of thioether (sulfide) groups is 1. The molecule has 1 aromatic carbocycles. The highest BCUT2D eigenvalue weighted by Gasteiger charge is 2.28. The largest absolute Gasteiger partial charge is 0.338 e. The molecule has 0 bridgehead atoms. The Morgan fingerprint density at radius 1 is 1.26 bits per heavy atom. The van der Waals surface area contributed by atoms with Crippen molar-refractivity contribution in [1.82, 2.24) is 25.1 Å². The van der Waals surface area contributed by atoms with E-state index in [-0.39, 0.29) is 5.91 Å². The number of carbonyl (C=O) groups excluding carboxylic acids is 1. The van der Waals surface area contributed by atoms with Crippen molar-refractivity contribution in [2.24, 2.45) is 0 Å². The number of nitrogens with zero attached hydrogens (tertiary/aromatic N) is 4. The quantitative estimate of drug-likeness (QED) is 0.691. The van der Waals surface area contributed by atoms with Crippen LogP contribution in [-0.4, -0.2) is 48.8 Å². The number of likely N-dealkylation sites (tertiary alicyclic amines) is 1. The zero-order valence-corrected chi connectivity index (χ0v) is 16.8. The number of carbonyl (C=O) groups is 1. The zero-order chi connectivity index (χ0) is 19.0. The predicted octanol–water partition coefficient (Wildman–Crippen LogP) is 3.95. The lowest BCUT2D eigenvalue weighted by atomic mass is 9.98. The van der Waals surface area contributed by atoms with Gasteiger partial charge in [-0.2, -0.15) is 0 Å². The Bertz CT molecular complexity index is 975. The summed E-state index contributed by atoms with van der Waals surface area (Å²) in [4.78, 5) is 22.6. The number of amides is 1. The Hall–Kier alpha value is -2.15. The van der Waals surface area contributed by atoms with E-state index in [0.29, 0.717) is 23.0 Å². The summed E-state index contributed by atoms with van der Waals surface area (Å²) in [5, 5.41) is 10.2. The molecule has 27 heavy (non-hydrogen) atoms. The van der Waals surface area contributed by atoms with Gasteiger partial charge in [0.1, 0.15) is 5.52 Å². The molecule has 3 aromatic rings. The molecule has 1 aliphatic heterocycles. The number of hydrogen-bond acceptors (Lipinski definition) is 5. The molecule has 1 aliphatic rings. The number of fused-ring (bicyclic) bond motifs is 3. The second-order valence-electron chi connectivity index (χ2n) is 7.37. The fraction of sp³-hybridized carbons (Fsp3) is 0.500. The van der Waals surface area contributed by atoms with Gasteiger partial charge in [0.2, 0.25) is 11.1 Å². The number of hydrogen-bond donors (Lipinski definition) is 1. The Morgan fingerprint density at radius 2 is 2.04 bits per heavy atom. The van der Waals surface area contributed by atoms with Gasteiger partial charge in [0.15, 0.2) is 5.65 Å². The lowest BCUT2D eigenvalue weighted by Crippen LogP contribution is -2.48. The third-order valence-corrected chi connectivity index (χ3v) is 6.30. The smallest absolute Gasteiger partial charge is 0.233 e. The van der Waals surface area contributed by atoms with Crippen molar-refractivity contribution in [3.63, 3.8) is 0 Å². The van der Waals surface area contributed by atoms with Gasteiger partial charge in [-0.05, 0) is 57.2 Å². The highest BCUT2D eigenvalue weighted by molar-refractivity contribution is 7.99. The fourth-order valence-corrected chi connectivity index (χ4v) is 4.65. The van der Waals surface area contributed by atoms with E-state index < -0.39 is 0 Å². The number of piperidine rings is 1. The van der Waals surface area contributed by atoms with Crippen LogP contribution in [0.5, 0.6) is 0 Å². The summed E-state index contributed by atoms with van der Waals surface area (Å²) < 4.78 is 0. The molecule has 142 valence electrons. The van der Waals surface area contributed by atoms with Crippen LogP contribution in [0.25, 0.3) is 22.1 Å². The summed E-state index contributed by atoms with van der Waals surface area (Å²) in [5.74, 6) is 0.509. The van der Waals surface area contributed by atoms with E-state index in [0.717, 1.165) is 41.3 Å². The van der Waals surface area contributed by atoms with Crippen LogP contribution < -0.4 is 0 Å². The molecule has 0 spiro atoms. The van der Waals surface area contributed by atoms with Gasteiger partial charge in [-0.15, -0.1) is 10.2 Å². The van der Waals surface area contributed by atoms with Crippen LogP contribution in [-0.2, 0) is 11.2 Å². The minimum atomic E-state index is 0.160. The normalized spacial score (nSPS) is 20.5. The number of aromatic nitrogens is 4. The molecule has 1 saturated heterocycles. The highest BCUT2D eigenvalue weighted by Crippen LogP contribution is 2.26. The molecule has 1 fully saturated rings. The number of aryl methyl sites for hydroxylation is 1. The molecule has 3 heterocycles. The minimum Gasteiger partial charge on any atom is -0.338 e. The second-order valence-corrected chi connectivity index (χ2v) is 8.31. The monoisotopic (exact) mass is 383 g/mol. The molecule has 1 amide bonds. The van der Waals surface area contributed by atoms with Gasteiger partial charge in [-0.1, -0.05) is 24.8 Å². The summed E-state index contributed by atoms with van der Waals surface area (Å²) in [5.41, 5.74) is 3.79. The molecule has 6 nitrogen and oxygen atoms in total. The average molecular weight is 384 g/mol. The standard InChI is InChI=1S/C20H25N5OS/c1-4-14-8-9-16-15(10-14)18-19(21-16)22-20(24-23-18)27-11-17(26)25-12(2)6-5-7-13(25)3/h8-10,12-13H,4-7,11H2,1-3H3,(H,21,22,24). The molecule has 2 aromatic heterocycles. The van der Waals surface area contributed by atoms with Crippen LogP contribution in [0.4, 0.5) is 0 Å². The first-order chi connectivity index (χ1) is 13.1. The van der Waals surface area contributed by atoms with Gasteiger partial charge in [0.05, 0.1) is 5.75 Å². The maximum Gasteiger partial charge on any atom is 0.233 e. The third kappa shape index (κ3) is 3.52. The molecular weight excluding hydrogens is 358 g/mol. The summed E-state index contributed by atoms with van der Waals surface area (Å²) in [7, 11) is 0. The first-order valence-electron chi connectivity index (χ1n) is 9.65. The van der Waals surface area contributed by atoms with Gasteiger partial charge in [-0.3, -0.25) is 4.79 Å². The number of benzene rings is 1. The van der Waals surface area contributed by atoms with Crippen LogP contribution in [0.3, 0.4) is 0 Å². The first kappa shape index (κ1) is 18.2. The number of H-pyrrole nitrogens is 1. The Balaban J connectivity index is 1.52. The predicted molar refractivity (Wildman–Crippen MR) is 109 cm³/mol. The molecular formula is C20H25N5OS. The minimum absolute atomic E-state index is 0.160. The maximum atomic E-state index is 12.7. The van der Waals surface area contributed by atoms with E-state index in [2.05, 4.69) is 59.1 Å². The van der Waals surface area contributed by atoms with Crippen LogP contribution in [0, 0.1) is 0 Å². The molecule has 0 radical (unpaired) electrons. The lowest BCUT2D eigenvalue weighted by Gasteiger charge is -2.39. The van der Waals surface area contributed by atoms with E-state index in [1.165, 1.54) is 23.7 Å². The molecule has 0 saturated carbocycles. The van der Waals surface area contributed by atoms with E-state index >= 15 is 0 Å². The molecule has 1 N–H and O–H groups in total. The summed E-state index contributed by atoms with van der Waals surface area (Å²) in [6.07, 6.45) is 4.34. The summed E-state index contributed by atoms with van der Waals surface area (Å²) in [6, 6.07) is 6.93. The number of nitrogens with one attached hydrogen (secondary N) is 1. The van der Waals surface area contributed by atoms with E-state index in [9.17, 15) is 4.79 Å². The molecule has 2 atom stereocenters. The van der Waals surface area contributed by atoms with Gasteiger partial charge in [0.25, 0.3) is 0 Å². The molecule has 0 aliphatic carbocycles. The van der Waals surface area contributed by atoms with E-state index in [4.69, 9.17) is 0 Å². The Kier molecular flexibility index (Phi) is 5.04. The van der Waals surface area contributed by atoms with E-state index in [1.807, 2.05) is 4.90 Å². The summed E-state index contributed by atoms with van der Waals surface area (Å²) in [6.45, 7) is 6.41. The van der Waals surface area contributed by atoms with Gasteiger partial charge < -0.3 is 9.88 Å². The van der Waals surface area contributed by atoms with E-state index in [1.54, 1.807) is 0 Å². The third-order valence-electron chi connectivity index (χ3n) is 5.47. The van der Waals surface area contributed by atoms with Gasteiger partial charge in [-0.25, -0.2) is 4.98 Å². The van der Waals surface area contributed by atoms with Crippen molar-refractivity contribution in [2.45, 2.75) is 63.7 Å². The van der Waals surface area contributed by atoms with Gasteiger partial charge >= 0.3 is 0 Å². The number of rotatable bonds is 4. The zero-order valence-electron chi connectivity index (χ0n) is 16.0. The average Bonchev–Trinajstić information content (AvgIpc) is 3.03. The molecule has 7 heteroatoms. The SMILES string of the molecule is CCc1ccc2[nH]c3nc(SCC(=O)N4C(C)CCCC4C)nnc3c2c1. The van der Waals surface area contributed by atoms with Crippen molar-refractivity contribution >= 4 is 39.7 Å². The summed E-state index contributed by atoms with van der Waals surface area (Å²) >= 11 is 1.36. The van der Waals surface area contributed by atoms with Gasteiger partial charge in [0, 0.05) is 23.0 Å². The van der Waals surface area contributed by atoms with Crippen LogP contribution in [0.2, 0.25) is 0 Å². The molecule has 2 unspecified atom stereocenters. The Labute approximate surface area is 163 Å². The van der Waals surface area contributed by atoms with Crippen molar-refractivity contribution in [2.75, 3.05) is 5.75 Å². The second kappa shape index (κ2) is 7.46. The van der Waals surface area contributed by atoms with Crippen molar-refractivity contribution < 1.29 is 4.79 Å². The van der Waals surface area contributed by atoms with Crippen LogP contribution in [0.1, 0.15) is 45.6 Å². The van der Waals surface area contributed by atoms with Crippen LogP contribution >= 0.6 is 11.8 Å². The molecule has 4 rings (SSSR count). The topological polar surface area (TPSA) is 74.8 Å². The lowest BCUT2D eigenvalue weighted by molar-refractivity contribution is -0.134. The van der Waals surface area contributed by atoms with Crippen LogP contribution in [0.15, 0.2) is 23.4 Å². The highest BCUT2D eigenvalue weighted by atomic mass is 32.2. The maximum absolute atomic E-state index is 12.7. The van der Waals surface area contributed by atoms with Crippen molar-refractivity contribution in [1.29, 1.82) is 0 Å². The number of aromatic amines is 1.